The molecule has 2 aromatic carbocycles. The van der Waals surface area contributed by atoms with Gasteiger partial charge in [-0.05, 0) is 60.9 Å². The smallest absolute Gasteiger partial charge is 0.245 e. The number of piperidine rings is 1. The molecule has 4 heterocycles. The fourth-order valence-electron chi connectivity index (χ4n) is 5.48. The number of ether oxygens (including phenoxy) is 1. The molecular weight excluding hydrogens is 514 g/mol. The van der Waals surface area contributed by atoms with E-state index in [2.05, 4.69) is 49.1 Å². The molecule has 2 aliphatic rings. The van der Waals surface area contributed by atoms with Gasteiger partial charge in [0.15, 0.2) is 0 Å². The van der Waals surface area contributed by atoms with E-state index in [1.54, 1.807) is 6.20 Å². The number of hydrogen-bond donors (Lipinski definition) is 2. The lowest BCUT2D eigenvalue weighted by Crippen LogP contribution is -2.49. The van der Waals surface area contributed by atoms with Gasteiger partial charge >= 0.3 is 0 Å². The van der Waals surface area contributed by atoms with Crippen molar-refractivity contribution in [3.05, 3.63) is 72.4 Å². The Labute approximate surface area is 230 Å². The highest BCUT2D eigenvalue weighted by molar-refractivity contribution is 7.77. The summed E-state index contributed by atoms with van der Waals surface area (Å²) < 4.78 is 31.5. The number of benzene rings is 2. The molecule has 6 rings (SSSR count). The van der Waals surface area contributed by atoms with Crippen molar-refractivity contribution in [1.29, 1.82) is 0 Å². The van der Waals surface area contributed by atoms with Crippen LogP contribution < -0.4 is 14.9 Å². The van der Waals surface area contributed by atoms with E-state index >= 15 is 0 Å². The Kier molecular flexibility index (Phi) is 7.84. The zero-order chi connectivity index (χ0) is 26.6. The van der Waals surface area contributed by atoms with Crippen LogP contribution in [-0.2, 0) is 22.5 Å². The molecule has 11 heteroatoms. The average Bonchev–Trinajstić information content (AvgIpc) is 3.41. The zero-order valence-electron chi connectivity index (χ0n) is 21.7. The van der Waals surface area contributed by atoms with Crippen LogP contribution in [0, 0.1) is 0 Å². The number of nitrogens with zero attached hydrogens (tertiary/aromatic N) is 5. The molecule has 4 aromatic rings. The molecule has 0 spiro atoms. The van der Waals surface area contributed by atoms with Crippen LogP contribution in [0.5, 0.6) is 0 Å². The maximum Gasteiger partial charge on any atom is 0.245 e. The second-order valence-electron chi connectivity index (χ2n) is 9.93. The topological polar surface area (TPSA) is 110 Å². The first-order valence-electron chi connectivity index (χ1n) is 13.3. The van der Waals surface area contributed by atoms with Crippen LogP contribution in [0.2, 0.25) is 0 Å². The molecule has 2 aliphatic heterocycles. The lowest BCUT2D eigenvalue weighted by molar-refractivity contribution is 0.0115. The quantitative estimate of drug-likeness (QED) is 0.324. The van der Waals surface area contributed by atoms with E-state index in [9.17, 15) is 8.76 Å². The number of anilines is 3. The summed E-state index contributed by atoms with van der Waals surface area (Å²) in [4.78, 5) is 9.55. The monoisotopic (exact) mass is 546 g/mol. The van der Waals surface area contributed by atoms with Gasteiger partial charge in [0, 0.05) is 67.0 Å². The highest BCUT2D eigenvalue weighted by atomic mass is 32.2. The van der Waals surface area contributed by atoms with Gasteiger partial charge in [-0.25, -0.2) is 14.2 Å². The molecule has 0 aliphatic carbocycles. The van der Waals surface area contributed by atoms with Crippen molar-refractivity contribution in [2.75, 3.05) is 49.6 Å². The van der Waals surface area contributed by atoms with E-state index in [1.165, 1.54) is 18.5 Å². The summed E-state index contributed by atoms with van der Waals surface area (Å²) in [5.74, 6) is 0.499. The third-order valence-electron chi connectivity index (χ3n) is 7.53. The summed E-state index contributed by atoms with van der Waals surface area (Å²) in [5.41, 5.74) is 5.74. The van der Waals surface area contributed by atoms with Crippen molar-refractivity contribution in [2.24, 2.45) is 0 Å². The standard InChI is InChI=1S/C28H33N7O3S/c36-39(37)30-19-21-2-1-3-22(18-21)27-9-8-26-20-29-28(32-35(26)27)31-23-4-6-24(7-5-23)33-12-10-25(11-13-33)34-14-16-38-17-15-34/h1-9,18,20,25,30H,10-17,19H2,(H,31,32)(H,36,37)/p-1. The summed E-state index contributed by atoms with van der Waals surface area (Å²) in [6.45, 7) is 6.19. The number of hydrogen-bond acceptors (Lipinski definition) is 8. The lowest BCUT2D eigenvalue weighted by atomic mass is 10.0. The van der Waals surface area contributed by atoms with Crippen molar-refractivity contribution in [1.82, 2.24) is 24.2 Å². The van der Waals surface area contributed by atoms with E-state index in [0.717, 1.165) is 67.4 Å². The first kappa shape index (κ1) is 25.9. The Balaban J connectivity index is 1.12. The third-order valence-corrected chi connectivity index (χ3v) is 7.91. The van der Waals surface area contributed by atoms with Crippen molar-refractivity contribution < 1.29 is 13.5 Å². The van der Waals surface area contributed by atoms with Crippen LogP contribution in [0.4, 0.5) is 17.3 Å². The van der Waals surface area contributed by atoms with E-state index < -0.39 is 11.3 Å². The molecule has 2 fully saturated rings. The number of morpholine rings is 1. The van der Waals surface area contributed by atoms with Crippen molar-refractivity contribution in [2.45, 2.75) is 25.4 Å². The van der Waals surface area contributed by atoms with Crippen molar-refractivity contribution in [3.8, 4) is 11.3 Å². The Morgan fingerprint density at radius 1 is 1.00 bits per heavy atom. The number of fused-ring (bicyclic) bond motifs is 1. The first-order chi connectivity index (χ1) is 19.1. The fraction of sp³-hybridized carbons (Fsp3) is 0.357. The third kappa shape index (κ3) is 6.13. The summed E-state index contributed by atoms with van der Waals surface area (Å²) in [6.07, 6.45) is 4.16. The molecule has 0 bridgehead atoms. The highest BCUT2D eigenvalue weighted by Gasteiger charge is 2.25. The van der Waals surface area contributed by atoms with Gasteiger partial charge in [-0.3, -0.25) is 9.11 Å². The highest BCUT2D eigenvalue weighted by Crippen LogP contribution is 2.26. The molecule has 2 aromatic heterocycles. The van der Waals surface area contributed by atoms with Crippen LogP contribution in [0.1, 0.15) is 18.4 Å². The van der Waals surface area contributed by atoms with Crippen molar-refractivity contribution in [3.63, 3.8) is 0 Å². The second-order valence-corrected chi connectivity index (χ2v) is 10.7. The van der Waals surface area contributed by atoms with Crippen LogP contribution >= 0.6 is 0 Å². The SMILES string of the molecule is O=S([O-])NCc1cccc(-c2ccc3cnc(Nc4ccc(N5CCC(N6CCOCC6)CC5)cc4)nn23)c1. The van der Waals surface area contributed by atoms with Gasteiger partial charge < -0.3 is 19.5 Å². The second kappa shape index (κ2) is 11.8. The number of aromatic nitrogens is 3. The molecule has 2 saturated heterocycles. The predicted octanol–water partition coefficient (Wildman–Crippen LogP) is 3.32. The molecule has 1 atom stereocenters. The van der Waals surface area contributed by atoms with E-state index in [4.69, 9.17) is 9.84 Å². The largest absolute Gasteiger partial charge is 0.760 e. The molecule has 204 valence electrons. The Bertz CT molecular complexity index is 1430. The maximum absolute atomic E-state index is 10.9. The van der Waals surface area contributed by atoms with Crippen LogP contribution in [0.3, 0.4) is 0 Å². The van der Waals surface area contributed by atoms with Gasteiger partial charge in [0.05, 0.1) is 30.6 Å². The minimum absolute atomic E-state index is 0.233. The van der Waals surface area contributed by atoms with E-state index in [-0.39, 0.29) is 6.54 Å². The molecule has 0 amide bonds. The molecule has 0 saturated carbocycles. The summed E-state index contributed by atoms with van der Waals surface area (Å²) in [7, 11) is 0. The Morgan fingerprint density at radius 3 is 2.56 bits per heavy atom. The Hall–Kier alpha value is -3.35. The minimum atomic E-state index is -2.30. The minimum Gasteiger partial charge on any atom is -0.760 e. The van der Waals surface area contributed by atoms with Crippen molar-refractivity contribution >= 4 is 34.1 Å². The molecular formula is C28H32N7O3S-. The first-order valence-corrected chi connectivity index (χ1v) is 14.4. The van der Waals surface area contributed by atoms with Crippen LogP contribution in [-0.4, -0.2) is 73.7 Å². The predicted molar refractivity (Wildman–Crippen MR) is 152 cm³/mol. The van der Waals surface area contributed by atoms with Gasteiger partial charge in [0.1, 0.15) is 0 Å². The molecule has 0 radical (unpaired) electrons. The molecule has 1 unspecified atom stereocenters. The van der Waals surface area contributed by atoms with Crippen LogP contribution in [0.15, 0.2) is 66.9 Å². The van der Waals surface area contributed by atoms with E-state index in [1.807, 2.05) is 40.9 Å². The molecule has 2 N–H and O–H groups in total. The van der Waals surface area contributed by atoms with Gasteiger partial charge in [0.2, 0.25) is 5.95 Å². The lowest BCUT2D eigenvalue weighted by Gasteiger charge is -2.40. The summed E-state index contributed by atoms with van der Waals surface area (Å²) in [5, 5.41) is 8.06. The van der Waals surface area contributed by atoms with Gasteiger partial charge in [-0.15, -0.1) is 5.10 Å². The normalized spacial score (nSPS) is 17.9. The number of rotatable bonds is 8. The molecule has 10 nitrogen and oxygen atoms in total. The van der Waals surface area contributed by atoms with Gasteiger partial charge in [-0.2, -0.15) is 0 Å². The zero-order valence-corrected chi connectivity index (χ0v) is 22.5. The fourth-order valence-corrected chi connectivity index (χ4v) is 5.76. The van der Waals surface area contributed by atoms with Gasteiger partial charge in [0.25, 0.3) is 0 Å². The number of nitrogens with one attached hydrogen (secondary N) is 2. The Morgan fingerprint density at radius 2 is 1.79 bits per heavy atom. The summed E-state index contributed by atoms with van der Waals surface area (Å²) in [6, 6.07) is 20.8. The average molecular weight is 547 g/mol. The maximum atomic E-state index is 10.9. The molecule has 39 heavy (non-hydrogen) atoms. The van der Waals surface area contributed by atoms with Gasteiger partial charge in [-0.1, -0.05) is 18.2 Å². The van der Waals surface area contributed by atoms with Crippen LogP contribution in [0.25, 0.3) is 16.8 Å². The summed E-state index contributed by atoms with van der Waals surface area (Å²) >= 11 is -2.30. The van der Waals surface area contributed by atoms with E-state index in [0.29, 0.717) is 12.0 Å².